The smallest absolute Gasteiger partial charge is 0.261 e. The number of halogens is 2. The lowest BCUT2D eigenvalue weighted by molar-refractivity contribution is 0.0912. The van der Waals surface area contributed by atoms with Gasteiger partial charge < -0.3 is 15.5 Å². The lowest BCUT2D eigenvalue weighted by Gasteiger charge is -2.32. The van der Waals surface area contributed by atoms with Crippen LogP contribution < -0.4 is 10.6 Å². The molecule has 2 N–H and O–H groups in total. The fourth-order valence-electron chi connectivity index (χ4n) is 3.72. The van der Waals surface area contributed by atoms with Gasteiger partial charge in [0.05, 0.1) is 20.5 Å². The number of benzene rings is 1. The van der Waals surface area contributed by atoms with E-state index >= 15 is 0 Å². The van der Waals surface area contributed by atoms with Gasteiger partial charge in [-0.05, 0) is 62.4 Å². The molecular formula is C21H23ClFN3O2S. The predicted octanol–water partition coefficient (Wildman–Crippen LogP) is 4.46. The highest BCUT2D eigenvalue weighted by Gasteiger charge is 2.32. The third-order valence-corrected chi connectivity index (χ3v) is 6.93. The van der Waals surface area contributed by atoms with Crippen molar-refractivity contribution < 1.29 is 14.0 Å². The summed E-state index contributed by atoms with van der Waals surface area (Å²) in [6, 6.07) is 6.36. The van der Waals surface area contributed by atoms with Gasteiger partial charge in [-0.25, -0.2) is 4.39 Å². The van der Waals surface area contributed by atoms with Crippen molar-refractivity contribution >= 4 is 39.8 Å². The van der Waals surface area contributed by atoms with Gasteiger partial charge in [0, 0.05) is 25.2 Å². The van der Waals surface area contributed by atoms with Gasteiger partial charge in [-0.1, -0.05) is 11.6 Å². The first-order chi connectivity index (χ1) is 13.9. The van der Waals surface area contributed by atoms with E-state index in [0.29, 0.717) is 9.88 Å². The molecule has 2 heterocycles. The summed E-state index contributed by atoms with van der Waals surface area (Å²) < 4.78 is 13.2. The summed E-state index contributed by atoms with van der Waals surface area (Å²) in [5.74, 6) is -1.03. The van der Waals surface area contributed by atoms with Crippen LogP contribution in [-0.2, 0) is 0 Å². The van der Waals surface area contributed by atoms with Crippen molar-refractivity contribution in [1.82, 2.24) is 10.2 Å². The lowest BCUT2D eigenvalue weighted by Crippen LogP contribution is -2.45. The molecule has 1 saturated carbocycles. The maximum absolute atomic E-state index is 13.2. The molecule has 8 heteroatoms. The Balaban J connectivity index is 1.37. The number of carbonyl (C=O) groups excluding carboxylic acids is 2. The Kier molecular flexibility index (Phi) is 5.90. The highest BCUT2D eigenvalue weighted by Crippen LogP contribution is 2.30. The van der Waals surface area contributed by atoms with E-state index in [-0.39, 0.29) is 22.5 Å². The van der Waals surface area contributed by atoms with Gasteiger partial charge in [0.25, 0.3) is 11.8 Å². The van der Waals surface area contributed by atoms with Crippen LogP contribution in [0, 0.1) is 12.7 Å². The van der Waals surface area contributed by atoms with E-state index in [2.05, 4.69) is 15.5 Å². The van der Waals surface area contributed by atoms with Crippen LogP contribution in [0.25, 0.3) is 0 Å². The zero-order chi connectivity index (χ0) is 20.5. The molecule has 2 aromatic rings. The number of thiophene rings is 1. The van der Waals surface area contributed by atoms with E-state index in [0.717, 1.165) is 43.6 Å². The lowest BCUT2D eigenvalue weighted by atomic mass is 10.0. The highest BCUT2D eigenvalue weighted by molar-refractivity contribution is 7.18. The fraction of sp³-hybridized carbons (Fsp3) is 0.429. The Bertz CT molecular complexity index is 936. The maximum atomic E-state index is 13.2. The molecule has 0 spiro atoms. The quantitative estimate of drug-likeness (QED) is 0.729. The van der Waals surface area contributed by atoms with Crippen molar-refractivity contribution in [3.8, 4) is 0 Å². The second kappa shape index (κ2) is 8.42. The van der Waals surface area contributed by atoms with Gasteiger partial charge in [0.2, 0.25) is 0 Å². The van der Waals surface area contributed by atoms with Gasteiger partial charge in [-0.15, -0.1) is 11.3 Å². The summed E-state index contributed by atoms with van der Waals surface area (Å²) in [6.45, 7) is 3.93. The van der Waals surface area contributed by atoms with Crippen LogP contribution in [-0.4, -0.2) is 41.9 Å². The van der Waals surface area contributed by atoms with Crippen molar-refractivity contribution in [1.29, 1.82) is 0 Å². The number of aryl methyl sites for hydroxylation is 1. The van der Waals surface area contributed by atoms with Gasteiger partial charge in [0.15, 0.2) is 0 Å². The van der Waals surface area contributed by atoms with E-state index in [9.17, 15) is 14.0 Å². The van der Waals surface area contributed by atoms with Crippen LogP contribution in [0.5, 0.6) is 0 Å². The third kappa shape index (κ3) is 4.79. The number of piperidine rings is 1. The average molecular weight is 436 g/mol. The van der Waals surface area contributed by atoms with Crippen LogP contribution >= 0.6 is 22.9 Å². The Morgan fingerprint density at radius 2 is 1.86 bits per heavy atom. The molecule has 1 saturated heterocycles. The number of rotatable bonds is 5. The average Bonchev–Trinajstić information content (AvgIpc) is 3.45. The minimum Gasteiger partial charge on any atom is -0.349 e. The van der Waals surface area contributed by atoms with Crippen molar-refractivity contribution in [3.63, 3.8) is 0 Å². The number of anilines is 1. The first-order valence-corrected chi connectivity index (χ1v) is 11.0. The van der Waals surface area contributed by atoms with E-state index in [1.807, 2.05) is 6.92 Å². The van der Waals surface area contributed by atoms with Crippen LogP contribution in [0.4, 0.5) is 9.39 Å². The molecule has 0 unspecified atom stereocenters. The second-order valence-electron chi connectivity index (χ2n) is 7.72. The van der Waals surface area contributed by atoms with Crippen LogP contribution in [0.2, 0.25) is 5.02 Å². The van der Waals surface area contributed by atoms with E-state index in [1.54, 1.807) is 6.07 Å². The van der Waals surface area contributed by atoms with E-state index in [4.69, 9.17) is 11.6 Å². The molecule has 5 nitrogen and oxygen atoms in total. The second-order valence-corrected chi connectivity index (χ2v) is 9.18. The number of nitrogens with zero attached hydrogens (tertiary/aromatic N) is 1. The molecule has 154 valence electrons. The van der Waals surface area contributed by atoms with Gasteiger partial charge in [-0.2, -0.15) is 0 Å². The zero-order valence-corrected chi connectivity index (χ0v) is 17.7. The molecular weight excluding hydrogens is 413 g/mol. The molecule has 1 aliphatic heterocycles. The number of hydrogen-bond acceptors (Lipinski definition) is 4. The molecule has 2 fully saturated rings. The van der Waals surface area contributed by atoms with E-state index in [1.165, 1.54) is 36.3 Å². The summed E-state index contributed by atoms with van der Waals surface area (Å²) in [7, 11) is 0. The minimum absolute atomic E-state index is 0.0475. The highest BCUT2D eigenvalue weighted by atomic mass is 35.5. The van der Waals surface area contributed by atoms with Gasteiger partial charge in [0.1, 0.15) is 5.82 Å². The molecule has 0 atom stereocenters. The van der Waals surface area contributed by atoms with E-state index < -0.39 is 11.7 Å². The number of amides is 2. The number of nitrogens with one attached hydrogen (secondary N) is 2. The normalized spacial score (nSPS) is 17.9. The molecule has 2 aliphatic rings. The first kappa shape index (κ1) is 20.3. The van der Waals surface area contributed by atoms with Crippen LogP contribution in [0.15, 0.2) is 24.3 Å². The standard InChI is InChI=1S/C21H23ClFN3O2S/c1-12-10-18(25-20(27)16-5-2-13(23)11-17(16)22)29-19(12)21(28)24-14-6-8-26(9-7-14)15-3-4-15/h2,5,10-11,14-15H,3-4,6-9H2,1H3,(H,24,28)(H,25,27). The largest absolute Gasteiger partial charge is 0.349 e. The summed E-state index contributed by atoms with van der Waals surface area (Å²) in [6.07, 6.45) is 4.56. The summed E-state index contributed by atoms with van der Waals surface area (Å²) in [5.41, 5.74) is 0.996. The number of likely N-dealkylation sites (tertiary alicyclic amines) is 1. The van der Waals surface area contributed by atoms with Crippen molar-refractivity contribution in [2.45, 2.75) is 44.7 Å². The summed E-state index contributed by atoms with van der Waals surface area (Å²) in [4.78, 5) is 28.3. The van der Waals surface area contributed by atoms with Crippen LogP contribution in [0.3, 0.4) is 0 Å². The Morgan fingerprint density at radius 1 is 1.14 bits per heavy atom. The fourth-order valence-corrected chi connectivity index (χ4v) is 4.95. The van der Waals surface area contributed by atoms with Crippen molar-refractivity contribution in [3.05, 3.63) is 51.1 Å². The number of hydrogen-bond donors (Lipinski definition) is 2. The molecule has 2 amide bonds. The topological polar surface area (TPSA) is 61.4 Å². The van der Waals surface area contributed by atoms with Gasteiger partial charge >= 0.3 is 0 Å². The van der Waals surface area contributed by atoms with Crippen LogP contribution in [0.1, 0.15) is 51.3 Å². The van der Waals surface area contributed by atoms with Crippen molar-refractivity contribution in [2.75, 3.05) is 18.4 Å². The Hall–Kier alpha value is -1.96. The monoisotopic (exact) mass is 435 g/mol. The molecule has 1 aromatic carbocycles. The third-order valence-electron chi connectivity index (χ3n) is 5.46. The summed E-state index contributed by atoms with van der Waals surface area (Å²) in [5, 5.41) is 6.49. The molecule has 0 radical (unpaired) electrons. The molecule has 1 aromatic heterocycles. The number of carbonyl (C=O) groups is 2. The predicted molar refractivity (Wildman–Crippen MR) is 114 cm³/mol. The molecule has 1 aliphatic carbocycles. The molecule has 29 heavy (non-hydrogen) atoms. The Labute approximate surface area is 178 Å². The zero-order valence-electron chi connectivity index (χ0n) is 16.1. The Morgan fingerprint density at radius 3 is 2.52 bits per heavy atom. The maximum Gasteiger partial charge on any atom is 0.261 e. The SMILES string of the molecule is Cc1cc(NC(=O)c2ccc(F)cc2Cl)sc1C(=O)NC1CCN(C2CC2)CC1. The summed E-state index contributed by atoms with van der Waals surface area (Å²) >= 11 is 7.19. The van der Waals surface area contributed by atoms with Gasteiger partial charge in [-0.3, -0.25) is 9.59 Å². The first-order valence-electron chi connectivity index (χ1n) is 9.82. The molecule has 4 rings (SSSR count). The van der Waals surface area contributed by atoms with Crippen molar-refractivity contribution in [2.24, 2.45) is 0 Å². The minimum atomic E-state index is -0.500. The molecule has 0 bridgehead atoms.